The molecule has 2 fully saturated rings. The van der Waals surface area contributed by atoms with Crippen LogP contribution >= 0.6 is 15.9 Å². The summed E-state index contributed by atoms with van der Waals surface area (Å²) >= 11 is 3.25. The van der Waals surface area contributed by atoms with Gasteiger partial charge in [-0.3, -0.25) is 9.59 Å². The smallest absolute Gasteiger partial charge is 0.264 e. The summed E-state index contributed by atoms with van der Waals surface area (Å²) in [6.45, 7) is 2.13. The molecule has 1 aromatic carbocycles. The SMILES string of the molecule is CC1(C(=O)NS(=O)(=O)c2ccc(Br)cc2)CCN1C(=O)CC1CCCC1. The Bertz CT molecular complexity index is 803. The Kier molecular flexibility index (Phi) is 5.44. The maximum absolute atomic E-state index is 12.7. The van der Waals surface area contributed by atoms with E-state index in [0.29, 0.717) is 25.3 Å². The highest BCUT2D eigenvalue weighted by molar-refractivity contribution is 9.10. The predicted molar refractivity (Wildman–Crippen MR) is 101 cm³/mol. The number of nitrogens with zero attached hydrogens (tertiary/aromatic N) is 1. The fraction of sp³-hybridized carbons (Fsp3) is 0.556. The van der Waals surface area contributed by atoms with Crippen LogP contribution in [0.4, 0.5) is 0 Å². The van der Waals surface area contributed by atoms with E-state index in [-0.39, 0.29) is 10.8 Å². The molecule has 142 valence electrons. The molecule has 1 N–H and O–H groups in total. The third-order valence-electron chi connectivity index (χ3n) is 5.50. The van der Waals surface area contributed by atoms with Gasteiger partial charge in [-0.25, -0.2) is 13.1 Å². The number of hydrogen-bond donors (Lipinski definition) is 1. The minimum absolute atomic E-state index is 0.0146. The number of rotatable bonds is 5. The van der Waals surface area contributed by atoms with Gasteiger partial charge in [0.25, 0.3) is 15.9 Å². The van der Waals surface area contributed by atoms with E-state index < -0.39 is 21.5 Å². The summed E-state index contributed by atoms with van der Waals surface area (Å²) in [6.07, 6.45) is 5.33. The molecule has 8 heteroatoms. The van der Waals surface area contributed by atoms with Crippen molar-refractivity contribution in [2.24, 2.45) is 5.92 Å². The molecule has 2 amide bonds. The summed E-state index contributed by atoms with van der Waals surface area (Å²) in [5.74, 6) is -0.310. The van der Waals surface area contributed by atoms with Gasteiger partial charge in [0.05, 0.1) is 4.90 Å². The second-order valence-electron chi connectivity index (χ2n) is 7.31. The summed E-state index contributed by atoms with van der Waals surface area (Å²) in [7, 11) is -3.97. The second-order valence-corrected chi connectivity index (χ2v) is 9.91. The van der Waals surface area contributed by atoms with Crippen LogP contribution in [-0.2, 0) is 19.6 Å². The van der Waals surface area contributed by atoms with Crippen LogP contribution in [0, 0.1) is 5.92 Å². The van der Waals surface area contributed by atoms with Crippen molar-refractivity contribution in [1.29, 1.82) is 0 Å². The molecule has 1 heterocycles. The Morgan fingerprint density at radius 2 is 1.85 bits per heavy atom. The molecular weight excluding hydrogens is 420 g/mol. The zero-order valence-electron chi connectivity index (χ0n) is 14.7. The zero-order valence-corrected chi connectivity index (χ0v) is 17.1. The molecule has 6 nitrogen and oxygen atoms in total. The van der Waals surface area contributed by atoms with Gasteiger partial charge >= 0.3 is 0 Å². The van der Waals surface area contributed by atoms with Crippen LogP contribution in [0.25, 0.3) is 0 Å². The lowest BCUT2D eigenvalue weighted by molar-refractivity contribution is -0.157. The fourth-order valence-corrected chi connectivity index (χ4v) is 5.01. The van der Waals surface area contributed by atoms with E-state index in [1.807, 2.05) is 0 Å². The quantitative estimate of drug-likeness (QED) is 0.759. The molecule has 0 spiro atoms. The zero-order chi connectivity index (χ0) is 18.9. The van der Waals surface area contributed by atoms with E-state index in [1.54, 1.807) is 19.1 Å². The third-order valence-corrected chi connectivity index (χ3v) is 7.37. The Labute approximate surface area is 162 Å². The number of benzene rings is 1. The summed E-state index contributed by atoms with van der Waals surface area (Å²) in [5, 5.41) is 0. The molecule has 1 aliphatic heterocycles. The van der Waals surface area contributed by atoms with E-state index in [1.165, 1.54) is 17.0 Å². The Balaban J connectivity index is 1.68. The molecule has 3 rings (SSSR count). The van der Waals surface area contributed by atoms with Gasteiger partial charge in [-0.05, 0) is 56.4 Å². The monoisotopic (exact) mass is 442 g/mol. The van der Waals surface area contributed by atoms with Crippen molar-refractivity contribution in [3.63, 3.8) is 0 Å². The van der Waals surface area contributed by atoms with E-state index in [4.69, 9.17) is 0 Å². The summed E-state index contributed by atoms with van der Waals surface area (Å²) in [6, 6.07) is 6.04. The maximum atomic E-state index is 12.7. The first kappa shape index (κ1) is 19.4. The fourth-order valence-electron chi connectivity index (χ4n) is 3.67. The van der Waals surface area contributed by atoms with Crippen LogP contribution in [0.15, 0.2) is 33.6 Å². The van der Waals surface area contributed by atoms with Gasteiger partial charge in [-0.2, -0.15) is 0 Å². The van der Waals surface area contributed by atoms with Crippen molar-refractivity contribution in [2.45, 2.75) is 55.9 Å². The van der Waals surface area contributed by atoms with Crippen LogP contribution in [-0.4, -0.2) is 37.2 Å². The first-order valence-electron chi connectivity index (χ1n) is 8.86. The summed E-state index contributed by atoms with van der Waals surface area (Å²) < 4.78 is 27.8. The highest BCUT2D eigenvalue weighted by Gasteiger charge is 2.50. The number of amides is 2. The predicted octanol–water partition coefficient (Wildman–Crippen LogP) is 2.83. The maximum Gasteiger partial charge on any atom is 0.264 e. The van der Waals surface area contributed by atoms with Crippen molar-refractivity contribution in [2.75, 3.05) is 6.54 Å². The van der Waals surface area contributed by atoms with E-state index >= 15 is 0 Å². The lowest BCUT2D eigenvalue weighted by Crippen LogP contribution is -2.67. The van der Waals surface area contributed by atoms with E-state index in [0.717, 1.165) is 30.2 Å². The first-order chi connectivity index (χ1) is 12.2. The summed E-state index contributed by atoms with van der Waals surface area (Å²) in [4.78, 5) is 26.8. The number of carbonyl (C=O) groups is 2. The molecule has 0 radical (unpaired) electrons. The molecule has 1 saturated heterocycles. The van der Waals surface area contributed by atoms with Crippen LogP contribution in [0.1, 0.15) is 45.4 Å². The largest absolute Gasteiger partial charge is 0.328 e. The molecule has 1 saturated carbocycles. The molecule has 1 atom stereocenters. The van der Waals surface area contributed by atoms with Crippen LogP contribution < -0.4 is 4.72 Å². The number of nitrogens with one attached hydrogen (secondary N) is 1. The van der Waals surface area contributed by atoms with Gasteiger partial charge < -0.3 is 4.90 Å². The minimum atomic E-state index is -3.97. The molecular formula is C18H23BrN2O4S. The number of halogens is 1. The highest BCUT2D eigenvalue weighted by Crippen LogP contribution is 2.35. The number of sulfonamides is 1. The molecule has 26 heavy (non-hydrogen) atoms. The van der Waals surface area contributed by atoms with Gasteiger partial charge in [0.2, 0.25) is 5.91 Å². The lowest BCUT2D eigenvalue weighted by atomic mass is 9.85. The number of carbonyl (C=O) groups excluding carboxylic acids is 2. The second kappa shape index (κ2) is 7.31. The molecule has 2 aliphatic rings. The van der Waals surface area contributed by atoms with Gasteiger partial charge in [0.1, 0.15) is 5.54 Å². The average molecular weight is 443 g/mol. The standard InChI is InChI=1S/C18H23BrN2O4S/c1-18(10-11-21(18)16(22)12-13-4-2-3-5-13)17(23)20-26(24,25)15-8-6-14(19)7-9-15/h6-9,13H,2-5,10-12H2,1H3,(H,20,23). The van der Waals surface area contributed by atoms with Crippen LogP contribution in [0.5, 0.6) is 0 Å². The van der Waals surface area contributed by atoms with Crippen molar-refractivity contribution in [1.82, 2.24) is 9.62 Å². The van der Waals surface area contributed by atoms with Gasteiger partial charge in [-0.1, -0.05) is 28.8 Å². The molecule has 1 aliphatic carbocycles. The molecule has 0 bridgehead atoms. The molecule has 1 unspecified atom stereocenters. The first-order valence-corrected chi connectivity index (χ1v) is 11.1. The Morgan fingerprint density at radius 1 is 1.23 bits per heavy atom. The van der Waals surface area contributed by atoms with Crippen molar-refractivity contribution < 1.29 is 18.0 Å². The van der Waals surface area contributed by atoms with Crippen LogP contribution in [0.3, 0.4) is 0 Å². The van der Waals surface area contributed by atoms with E-state index in [2.05, 4.69) is 20.7 Å². The normalized spacial score (nSPS) is 23.5. The number of likely N-dealkylation sites (tertiary alicyclic amines) is 1. The number of hydrogen-bond acceptors (Lipinski definition) is 4. The van der Waals surface area contributed by atoms with Crippen molar-refractivity contribution in [3.05, 3.63) is 28.7 Å². The molecule has 0 aromatic heterocycles. The van der Waals surface area contributed by atoms with Gasteiger partial charge in [0.15, 0.2) is 0 Å². The Morgan fingerprint density at radius 3 is 2.38 bits per heavy atom. The van der Waals surface area contributed by atoms with Gasteiger partial charge in [-0.15, -0.1) is 0 Å². The van der Waals surface area contributed by atoms with Gasteiger partial charge in [0, 0.05) is 17.4 Å². The van der Waals surface area contributed by atoms with E-state index in [9.17, 15) is 18.0 Å². The van der Waals surface area contributed by atoms with Crippen molar-refractivity contribution in [3.8, 4) is 0 Å². The average Bonchev–Trinajstić information content (AvgIpc) is 3.05. The molecule has 1 aromatic rings. The van der Waals surface area contributed by atoms with Crippen LogP contribution in [0.2, 0.25) is 0 Å². The minimum Gasteiger partial charge on any atom is -0.328 e. The topological polar surface area (TPSA) is 83.6 Å². The Hall–Kier alpha value is -1.41. The highest BCUT2D eigenvalue weighted by atomic mass is 79.9. The van der Waals surface area contributed by atoms with Crippen molar-refractivity contribution >= 4 is 37.8 Å². The summed E-state index contributed by atoms with van der Waals surface area (Å²) in [5.41, 5.74) is -1.10. The lowest BCUT2D eigenvalue weighted by Gasteiger charge is -2.49. The third kappa shape index (κ3) is 3.81.